The fraction of sp³-hybridized carbons (Fsp3) is 0.462. The predicted octanol–water partition coefficient (Wildman–Crippen LogP) is 1.25. The van der Waals surface area contributed by atoms with E-state index in [-0.39, 0.29) is 24.4 Å². The normalized spacial score (nSPS) is 12.1. The molecule has 19 heavy (non-hydrogen) atoms. The molecule has 6 heteroatoms. The summed E-state index contributed by atoms with van der Waals surface area (Å²) < 4.78 is 10.4. The maximum absolute atomic E-state index is 12.3. The van der Waals surface area contributed by atoms with E-state index in [0.29, 0.717) is 27.7 Å². The summed E-state index contributed by atoms with van der Waals surface area (Å²) in [6.45, 7) is 4.08. The first-order valence-electron chi connectivity index (χ1n) is 5.70. The third-order valence-electron chi connectivity index (χ3n) is 2.64. The van der Waals surface area contributed by atoms with E-state index in [9.17, 15) is 4.79 Å². The second-order valence-corrected chi connectivity index (χ2v) is 5.80. The first kappa shape index (κ1) is 18.8. The number of carbonyl (C=O) groups excluding carboxylic acids is 1. The predicted molar refractivity (Wildman–Crippen MR) is 75.6 cm³/mol. The van der Waals surface area contributed by atoms with Gasteiger partial charge in [-0.05, 0) is 12.1 Å². The molecule has 1 rings (SSSR count). The summed E-state index contributed by atoms with van der Waals surface area (Å²) in [6.07, 6.45) is 0.943. The van der Waals surface area contributed by atoms with E-state index < -0.39 is 0 Å². The monoisotopic (exact) mass is 294 g/mol. The van der Waals surface area contributed by atoms with E-state index in [1.165, 1.54) is 14.2 Å². The van der Waals surface area contributed by atoms with Gasteiger partial charge in [-0.15, -0.1) is 0 Å². The molecule has 0 amide bonds. The van der Waals surface area contributed by atoms with Crippen molar-refractivity contribution in [3.8, 4) is 11.5 Å². The molecule has 0 aliphatic heterocycles. The molecule has 1 aromatic carbocycles. The van der Waals surface area contributed by atoms with Gasteiger partial charge in [0.2, 0.25) is 0 Å². The van der Waals surface area contributed by atoms with Crippen molar-refractivity contribution in [1.29, 1.82) is 0 Å². The van der Waals surface area contributed by atoms with Crippen molar-refractivity contribution in [3.05, 3.63) is 22.7 Å². The van der Waals surface area contributed by atoms with Crippen LogP contribution in [-0.2, 0) is 0 Å². The molecule has 0 N–H and O–H groups in total. The second-order valence-electron chi connectivity index (χ2n) is 3.85. The average molecular weight is 295 g/mol. The summed E-state index contributed by atoms with van der Waals surface area (Å²) in [5, 5.41) is 0.418. The van der Waals surface area contributed by atoms with Gasteiger partial charge in [-0.25, -0.2) is 0 Å². The Balaban J connectivity index is 0.00000324. The van der Waals surface area contributed by atoms with Crippen LogP contribution in [-0.4, -0.2) is 25.4 Å². The minimum Gasteiger partial charge on any atom is -0.496 e. The Morgan fingerprint density at radius 2 is 2.00 bits per heavy atom. The number of hydrogen-bond acceptors (Lipinski definition) is 3. The van der Waals surface area contributed by atoms with Crippen molar-refractivity contribution in [2.75, 3.05) is 14.2 Å². The number of hydrogen-bond donors (Lipinski definition) is 0. The Kier molecular flexibility index (Phi) is 8.79. The van der Waals surface area contributed by atoms with Crippen LogP contribution < -0.4 is 28.3 Å². The van der Waals surface area contributed by atoms with Crippen molar-refractivity contribution in [1.82, 2.24) is 0 Å². The van der Waals surface area contributed by atoms with Gasteiger partial charge in [-0.1, -0.05) is 31.9 Å². The van der Waals surface area contributed by atoms with E-state index in [4.69, 9.17) is 21.1 Å². The molecule has 0 bridgehead atoms. The molecule has 100 valence electrons. The largest absolute Gasteiger partial charge is 1.00 e. The molecule has 1 unspecified atom stereocenters. The Morgan fingerprint density at radius 3 is 2.47 bits per heavy atom. The fourth-order valence-electron chi connectivity index (χ4n) is 1.47. The third-order valence-corrected chi connectivity index (χ3v) is 4.20. The molecule has 0 aromatic heterocycles. The van der Waals surface area contributed by atoms with Gasteiger partial charge in [0.05, 0.1) is 24.8 Å². The maximum Gasteiger partial charge on any atom is 1.00 e. The standard InChI is InChI=1S/C13H17ClO3P.Li/c1-5-8(2)18-13(15)11-10(16-3)7-6-9(14)12(11)17-4;/h6-8H,5H2,1-4H3;/q-1;+1. The van der Waals surface area contributed by atoms with Crippen LogP contribution in [0.25, 0.3) is 0 Å². The Morgan fingerprint density at radius 1 is 1.37 bits per heavy atom. The van der Waals surface area contributed by atoms with Gasteiger partial charge < -0.3 is 22.8 Å². The maximum atomic E-state index is 12.3. The molecule has 0 heterocycles. The second kappa shape index (κ2) is 8.88. The summed E-state index contributed by atoms with van der Waals surface area (Å²) in [6, 6.07) is 3.35. The number of halogens is 1. The van der Waals surface area contributed by atoms with E-state index in [1.807, 2.05) is 6.92 Å². The van der Waals surface area contributed by atoms with Crippen molar-refractivity contribution in [2.24, 2.45) is 0 Å². The molecular formula is C13H17ClLiO3P. The van der Waals surface area contributed by atoms with Gasteiger partial charge in [0.15, 0.2) is 0 Å². The number of ether oxygens (including phenoxy) is 2. The SMILES string of the molecule is CCC(C)[P-]C(=O)c1c(OC)ccc(Cl)c1OC.[Li+]. The quantitative estimate of drug-likeness (QED) is 0.585. The number of carbonyl (C=O) groups is 1. The van der Waals surface area contributed by atoms with E-state index in [1.54, 1.807) is 12.1 Å². The average Bonchev–Trinajstić information content (AvgIpc) is 2.37. The first-order chi connectivity index (χ1) is 8.54. The van der Waals surface area contributed by atoms with Crippen molar-refractivity contribution < 1.29 is 33.1 Å². The van der Waals surface area contributed by atoms with Crippen LogP contribution in [0.5, 0.6) is 11.5 Å². The van der Waals surface area contributed by atoms with Crippen molar-refractivity contribution >= 4 is 25.7 Å². The van der Waals surface area contributed by atoms with Crippen molar-refractivity contribution in [2.45, 2.75) is 25.9 Å². The number of methoxy groups -OCH3 is 2. The van der Waals surface area contributed by atoms with Gasteiger partial charge in [-0.2, -0.15) is 5.66 Å². The third kappa shape index (κ3) is 4.69. The molecule has 0 saturated carbocycles. The van der Waals surface area contributed by atoms with Gasteiger partial charge in [0.25, 0.3) is 0 Å². The molecule has 0 saturated heterocycles. The van der Waals surface area contributed by atoms with Crippen LogP contribution in [0.2, 0.25) is 5.02 Å². The van der Waals surface area contributed by atoms with E-state index in [2.05, 4.69) is 6.92 Å². The zero-order valence-electron chi connectivity index (χ0n) is 12.0. The molecule has 1 atom stereocenters. The number of benzene rings is 1. The van der Waals surface area contributed by atoms with Gasteiger partial charge in [-0.3, -0.25) is 0 Å². The van der Waals surface area contributed by atoms with E-state index >= 15 is 0 Å². The number of rotatable bonds is 6. The van der Waals surface area contributed by atoms with Crippen molar-refractivity contribution in [3.63, 3.8) is 0 Å². The van der Waals surface area contributed by atoms with E-state index in [0.717, 1.165) is 15.0 Å². The van der Waals surface area contributed by atoms with Crippen LogP contribution in [0.4, 0.5) is 0 Å². The summed E-state index contributed by atoms with van der Waals surface area (Å²) in [7, 11) is 3.75. The van der Waals surface area contributed by atoms with Crippen LogP contribution >= 0.6 is 20.2 Å². The molecule has 0 radical (unpaired) electrons. The summed E-state index contributed by atoms with van der Waals surface area (Å²) >= 11 is 6.04. The molecule has 0 aliphatic rings. The summed E-state index contributed by atoms with van der Waals surface area (Å²) in [5.41, 5.74) is 0.695. The van der Waals surface area contributed by atoms with Crippen LogP contribution in [0.15, 0.2) is 12.1 Å². The van der Waals surface area contributed by atoms with Gasteiger partial charge >= 0.3 is 18.9 Å². The zero-order valence-corrected chi connectivity index (χ0v) is 13.6. The molecule has 0 aliphatic carbocycles. The first-order valence-corrected chi connectivity index (χ1v) is 7.04. The van der Waals surface area contributed by atoms with Gasteiger partial charge in [0.1, 0.15) is 11.5 Å². The topological polar surface area (TPSA) is 35.5 Å². The van der Waals surface area contributed by atoms with Crippen LogP contribution in [0.3, 0.4) is 0 Å². The van der Waals surface area contributed by atoms with Gasteiger partial charge in [0, 0.05) is 5.52 Å². The zero-order chi connectivity index (χ0) is 13.7. The summed E-state index contributed by atoms with van der Waals surface area (Å²) in [4.78, 5) is 12.3. The minimum absolute atomic E-state index is 0. The van der Waals surface area contributed by atoms with Crippen LogP contribution in [0, 0.1) is 0 Å². The fourth-order valence-corrected chi connectivity index (χ4v) is 2.63. The molecule has 1 aromatic rings. The summed E-state index contributed by atoms with van der Waals surface area (Å²) in [5.74, 6) is 0.883. The minimum atomic E-state index is -0.0273. The van der Waals surface area contributed by atoms with Crippen LogP contribution in [0.1, 0.15) is 30.6 Å². The smallest absolute Gasteiger partial charge is 0.496 e. The molecule has 0 fully saturated rings. The molecule has 3 nitrogen and oxygen atoms in total. The molecular weight excluding hydrogens is 278 g/mol. The Hall–Kier alpha value is -0.193. The Bertz CT molecular complexity index is 440. The Labute approximate surface area is 133 Å². The molecule has 0 spiro atoms.